The van der Waals surface area contributed by atoms with E-state index in [4.69, 9.17) is 4.74 Å². The van der Waals surface area contributed by atoms with Gasteiger partial charge in [-0.3, -0.25) is 14.6 Å². The lowest BCUT2D eigenvalue weighted by Crippen LogP contribution is -2.58. The first-order chi connectivity index (χ1) is 14.8. The summed E-state index contributed by atoms with van der Waals surface area (Å²) in [6.45, 7) is 6.72. The van der Waals surface area contributed by atoms with Gasteiger partial charge in [0, 0.05) is 25.3 Å². The van der Waals surface area contributed by atoms with Gasteiger partial charge < -0.3 is 20.5 Å². The van der Waals surface area contributed by atoms with Gasteiger partial charge in [-0.2, -0.15) is 0 Å². The first-order valence-corrected chi connectivity index (χ1v) is 11.4. The molecule has 0 spiro atoms. The maximum absolute atomic E-state index is 12.8. The van der Waals surface area contributed by atoms with Crippen molar-refractivity contribution >= 4 is 11.8 Å². The van der Waals surface area contributed by atoms with E-state index in [-0.39, 0.29) is 53.5 Å². The fraction of sp³-hybridized carbons (Fsp3) is 0.708. The molecule has 0 unspecified atom stereocenters. The van der Waals surface area contributed by atoms with Crippen LogP contribution >= 0.6 is 0 Å². The van der Waals surface area contributed by atoms with E-state index >= 15 is 0 Å². The van der Waals surface area contributed by atoms with Crippen LogP contribution in [-0.4, -0.2) is 47.8 Å². The van der Waals surface area contributed by atoms with Crippen LogP contribution in [0.4, 0.5) is 0 Å². The van der Waals surface area contributed by atoms with Crippen molar-refractivity contribution in [3.63, 3.8) is 0 Å². The molecular formula is C24H37N3O4. The number of aromatic nitrogens is 1. The molecule has 7 heteroatoms. The summed E-state index contributed by atoms with van der Waals surface area (Å²) >= 11 is 0. The summed E-state index contributed by atoms with van der Waals surface area (Å²) in [5.74, 6) is -0.393. The minimum Gasteiger partial charge on any atom is -0.392 e. The van der Waals surface area contributed by atoms with Crippen LogP contribution in [0.1, 0.15) is 52.1 Å². The minimum absolute atomic E-state index is 0.0161. The Kier molecular flexibility index (Phi) is 7.70. The topological polar surface area (TPSA) is 101 Å². The Balaban J connectivity index is 1.66. The number of ether oxygens (including phenoxy) is 1. The largest absolute Gasteiger partial charge is 0.392 e. The normalized spacial score (nSPS) is 33.8. The number of amides is 2. The minimum atomic E-state index is -0.577. The average Bonchev–Trinajstić information content (AvgIpc) is 2.75. The fourth-order valence-electron chi connectivity index (χ4n) is 5.91. The summed E-state index contributed by atoms with van der Waals surface area (Å²) in [5.41, 5.74) is 0.845. The molecule has 2 amide bonds. The Bertz CT molecular complexity index is 758. The van der Waals surface area contributed by atoms with Crippen molar-refractivity contribution in [3.8, 4) is 0 Å². The highest BCUT2D eigenvalue weighted by Crippen LogP contribution is 2.55. The van der Waals surface area contributed by atoms with E-state index in [1.165, 1.54) is 7.11 Å². The molecule has 3 rings (SSSR count). The number of hydrogen-bond donors (Lipinski definition) is 3. The number of fused-ring (bicyclic) bond motifs is 1. The van der Waals surface area contributed by atoms with E-state index in [0.29, 0.717) is 6.54 Å². The van der Waals surface area contributed by atoms with E-state index in [9.17, 15) is 14.7 Å². The van der Waals surface area contributed by atoms with E-state index < -0.39 is 6.10 Å². The molecule has 2 fully saturated rings. The van der Waals surface area contributed by atoms with Crippen LogP contribution in [-0.2, 0) is 20.9 Å². The standard InChI is InChI=1S/C24H37N3O4/c1-15(23(30)26-13-17-7-5-6-12-25-17)18-8-10-24(3)11-9-19(27-20(28)14-31-4)16(2)21(24)22(18)29/h5-7,12,15-16,18-19,21-22,29H,8-11,13-14H2,1-4H3,(H,26,30)(H,27,28)/t15-,16-,18-,19-,21+,22-,24+/m0/s1. The maximum Gasteiger partial charge on any atom is 0.246 e. The number of methoxy groups -OCH3 is 1. The molecule has 7 nitrogen and oxygen atoms in total. The Morgan fingerprint density at radius 3 is 2.74 bits per heavy atom. The number of hydrogen-bond acceptors (Lipinski definition) is 5. The van der Waals surface area contributed by atoms with E-state index in [1.54, 1.807) is 6.20 Å². The van der Waals surface area contributed by atoms with Gasteiger partial charge in [-0.1, -0.05) is 26.8 Å². The van der Waals surface area contributed by atoms with Crippen molar-refractivity contribution in [2.75, 3.05) is 13.7 Å². The molecule has 172 valence electrons. The van der Waals surface area contributed by atoms with Gasteiger partial charge in [-0.25, -0.2) is 0 Å². The summed E-state index contributed by atoms with van der Waals surface area (Å²) in [6, 6.07) is 5.64. The van der Waals surface area contributed by atoms with Gasteiger partial charge in [0.1, 0.15) is 6.61 Å². The van der Waals surface area contributed by atoms with Crippen LogP contribution < -0.4 is 10.6 Å². The first kappa shape index (κ1) is 23.7. The second kappa shape index (κ2) is 10.1. The molecule has 1 aromatic heterocycles. The fourth-order valence-corrected chi connectivity index (χ4v) is 5.91. The molecule has 0 aromatic carbocycles. The van der Waals surface area contributed by atoms with Crippen LogP contribution in [0, 0.1) is 29.1 Å². The zero-order valence-corrected chi connectivity index (χ0v) is 19.1. The van der Waals surface area contributed by atoms with Crippen molar-refractivity contribution in [2.24, 2.45) is 29.1 Å². The molecule has 0 bridgehead atoms. The predicted molar refractivity (Wildman–Crippen MR) is 118 cm³/mol. The highest BCUT2D eigenvalue weighted by molar-refractivity contribution is 5.78. The van der Waals surface area contributed by atoms with Crippen molar-refractivity contribution in [3.05, 3.63) is 30.1 Å². The molecule has 2 aliphatic rings. The van der Waals surface area contributed by atoms with Gasteiger partial charge in [-0.15, -0.1) is 0 Å². The first-order valence-electron chi connectivity index (χ1n) is 11.4. The van der Waals surface area contributed by atoms with Crippen LogP contribution in [0.25, 0.3) is 0 Å². The van der Waals surface area contributed by atoms with E-state index in [0.717, 1.165) is 31.4 Å². The number of carbonyl (C=O) groups is 2. The molecule has 1 aromatic rings. The summed E-state index contributed by atoms with van der Waals surface area (Å²) in [6.07, 6.45) is 4.82. The van der Waals surface area contributed by atoms with Gasteiger partial charge in [0.25, 0.3) is 0 Å². The van der Waals surface area contributed by atoms with Gasteiger partial charge in [0.05, 0.1) is 18.3 Å². The molecule has 0 saturated heterocycles. The van der Waals surface area contributed by atoms with E-state index in [2.05, 4.69) is 29.5 Å². The smallest absolute Gasteiger partial charge is 0.246 e. The zero-order valence-electron chi connectivity index (χ0n) is 19.1. The third kappa shape index (κ3) is 5.26. The Morgan fingerprint density at radius 1 is 1.32 bits per heavy atom. The molecule has 2 saturated carbocycles. The SMILES string of the molecule is COCC(=O)N[C@H]1CC[C@@]2(C)CC[C@@H]([C@H](C)C(=O)NCc3ccccn3)[C@H](O)[C@H]2[C@H]1C. The lowest BCUT2D eigenvalue weighted by Gasteiger charge is -2.56. The monoisotopic (exact) mass is 431 g/mol. The number of aliphatic hydroxyl groups excluding tert-OH is 1. The van der Waals surface area contributed by atoms with Gasteiger partial charge in [-0.05, 0) is 61.0 Å². The average molecular weight is 432 g/mol. The van der Waals surface area contributed by atoms with Crippen LogP contribution in [0.5, 0.6) is 0 Å². The van der Waals surface area contributed by atoms with Crippen molar-refractivity contribution in [2.45, 2.75) is 65.1 Å². The van der Waals surface area contributed by atoms with Gasteiger partial charge in [0.15, 0.2) is 0 Å². The van der Waals surface area contributed by atoms with Crippen LogP contribution in [0.2, 0.25) is 0 Å². The molecule has 0 radical (unpaired) electrons. The lowest BCUT2D eigenvalue weighted by molar-refractivity contribution is -0.144. The van der Waals surface area contributed by atoms with Crippen molar-refractivity contribution in [1.29, 1.82) is 0 Å². The molecule has 3 N–H and O–H groups in total. The Hall–Kier alpha value is -1.99. The quantitative estimate of drug-likeness (QED) is 0.615. The third-order valence-corrected chi connectivity index (χ3v) is 7.74. The lowest BCUT2D eigenvalue weighted by atomic mass is 9.51. The zero-order chi connectivity index (χ0) is 22.6. The van der Waals surface area contributed by atoms with Crippen molar-refractivity contribution < 1.29 is 19.4 Å². The third-order valence-electron chi connectivity index (χ3n) is 7.74. The summed E-state index contributed by atoms with van der Waals surface area (Å²) in [7, 11) is 1.51. The summed E-state index contributed by atoms with van der Waals surface area (Å²) in [4.78, 5) is 29.2. The highest BCUT2D eigenvalue weighted by atomic mass is 16.5. The van der Waals surface area contributed by atoms with Gasteiger partial charge in [0.2, 0.25) is 11.8 Å². The Labute approximate surface area is 185 Å². The van der Waals surface area contributed by atoms with Crippen LogP contribution in [0.3, 0.4) is 0 Å². The molecule has 31 heavy (non-hydrogen) atoms. The number of nitrogens with one attached hydrogen (secondary N) is 2. The number of nitrogens with zero attached hydrogens (tertiary/aromatic N) is 1. The molecule has 7 atom stereocenters. The summed E-state index contributed by atoms with van der Waals surface area (Å²) < 4.78 is 4.95. The molecule has 2 aliphatic carbocycles. The number of rotatable bonds is 7. The number of carbonyl (C=O) groups excluding carboxylic acids is 2. The molecule has 1 heterocycles. The number of pyridine rings is 1. The second-order valence-corrected chi connectivity index (χ2v) is 9.71. The van der Waals surface area contributed by atoms with Crippen LogP contribution in [0.15, 0.2) is 24.4 Å². The molecular weight excluding hydrogens is 394 g/mol. The molecule has 0 aliphatic heterocycles. The van der Waals surface area contributed by atoms with E-state index in [1.807, 2.05) is 25.1 Å². The van der Waals surface area contributed by atoms with Gasteiger partial charge >= 0.3 is 0 Å². The summed E-state index contributed by atoms with van der Waals surface area (Å²) in [5, 5.41) is 17.5. The maximum atomic E-state index is 12.8. The highest BCUT2D eigenvalue weighted by Gasteiger charge is 2.53. The second-order valence-electron chi connectivity index (χ2n) is 9.71. The number of aliphatic hydroxyl groups is 1. The predicted octanol–water partition coefficient (Wildman–Crippen LogP) is 2.29. The van der Waals surface area contributed by atoms with Crippen molar-refractivity contribution in [1.82, 2.24) is 15.6 Å². The Morgan fingerprint density at radius 2 is 2.06 bits per heavy atom.